The third-order valence-electron chi connectivity index (χ3n) is 3.92. The first-order valence-electron chi connectivity index (χ1n) is 8.59. The highest BCUT2D eigenvalue weighted by Gasteiger charge is 2.26. The van der Waals surface area contributed by atoms with Gasteiger partial charge in [0.05, 0.1) is 10.0 Å². The Morgan fingerprint density at radius 1 is 1.13 bits per heavy atom. The summed E-state index contributed by atoms with van der Waals surface area (Å²) in [5.41, 5.74) is 1.90. The van der Waals surface area contributed by atoms with E-state index in [1.54, 1.807) is 6.07 Å². The van der Waals surface area contributed by atoms with Crippen molar-refractivity contribution in [3.8, 4) is 5.75 Å². The number of aryl methyl sites for hydroxylation is 1. The third-order valence-corrected chi connectivity index (χ3v) is 4.69. The van der Waals surface area contributed by atoms with Crippen LogP contribution in [0.5, 0.6) is 5.75 Å². The molecule has 1 saturated heterocycles. The van der Waals surface area contributed by atoms with Gasteiger partial charge in [-0.1, -0.05) is 35.3 Å². The molecule has 0 unspecified atom stereocenters. The van der Waals surface area contributed by atoms with Crippen molar-refractivity contribution in [2.24, 2.45) is 0 Å². The highest BCUT2D eigenvalue weighted by Crippen LogP contribution is 2.35. The monoisotopic (exact) mass is 463 g/mol. The number of nitrogens with one attached hydrogen (secondary N) is 3. The van der Waals surface area contributed by atoms with Gasteiger partial charge in [0.1, 0.15) is 5.57 Å². The van der Waals surface area contributed by atoms with E-state index in [9.17, 15) is 14.4 Å². The number of hydrogen-bond donors (Lipinski definition) is 3. The second kappa shape index (κ2) is 9.25. The summed E-state index contributed by atoms with van der Waals surface area (Å²) in [4.78, 5) is 36.0. The van der Waals surface area contributed by atoms with Crippen molar-refractivity contribution in [2.45, 2.75) is 6.92 Å². The Balaban J connectivity index is 1.71. The van der Waals surface area contributed by atoms with E-state index in [-0.39, 0.29) is 39.0 Å². The fraction of sp³-hybridized carbons (Fsp3) is 0.100. The van der Waals surface area contributed by atoms with Crippen LogP contribution in [-0.4, -0.2) is 29.4 Å². The Hall–Kier alpha value is -2.94. The number of carbonyl (C=O) groups is 3. The number of carbonyl (C=O) groups excluding carboxylic acids is 3. The van der Waals surface area contributed by atoms with Gasteiger partial charge < -0.3 is 10.1 Å². The molecule has 10 heteroatoms. The molecule has 30 heavy (non-hydrogen) atoms. The van der Waals surface area contributed by atoms with Gasteiger partial charge in [0.25, 0.3) is 17.7 Å². The van der Waals surface area contributed by atoms with Crippen molar-refractivity contribution in [1.82, 2.24) is 10.6 Å². The molecule has 7 nitrogen and oxygen atoms in total. The lowest BCUT2D eigenvalue weighted by molar-refractivity contribution is -0.123. The summed E-state index contributed by atoms with van der Waals surface area (Å²) in [5.74, 6) is -1.54. The van der Waals surface area contributed by atoms with E-state index < -0.39 is 11.8 Å². The lowest BCUT2D eigenvalue weighted by atomic mass is 10.1. The molecule has 1 heterocycles. The van der Waals surface area contributed by atoms with E-state index in [1.165, 1.54) is 18.2 Å². The smallest absolute Gasteiger partial charge is 0.263 e. The summed E-state index contributed by atoms with van der Waals surface area (Å²) < 4.78 is 5.46. The Labute approximate surface area is 187 Å². The highest BCUT2D eigenvalue weighted by molar-refractivity contribution is 7.80. The number of thiocarbonyl (C=S) groups is 1. The maximum atomic E-state index is 12.1. The maximum absolute atomic E-state index is 12.1. The lowest BCUT2D eigenvalue weighted by Crippen LogP contribution is -2.51. The number of halogens is 2. The van der Waals surface area contributed by atoms with Gasteiger partial charge in [0.2, 0.25) is 0 Å². The maximum Gasteiger partial charge on any atom is 0.263 e. The standard InChI is InChI=1S/C20H15Cl2N3O4S/c1-10-3-2-4-12(5-10)23-16(26)9-29-17-14(21)7-11(8-15(17)22)6-13-18(27)24-20(30)25-19(13)28/h2-8H,9H2,1H3,(H,23,26)(H2,24,25,27,28,30). The predicted octanol–water partition coefficient (Wildman–Crippen LogP) is 3.23. The zero-order valence-electron chi connectivity index (χ0n) is 15.5. The van der Waals surface area contributed by atoms with Crippen LogP contribution >= 0.6 is 35.4 Å². The van der Waals surface area contributed by atoms with Gasteiger partial charge in [0, 0.05) is 5.69 Å². The van der Waals surface area contributed by atoms with Crippen LogP contribution in [0.25, 0.3) is 6.08 Å². The molecule has 1 aliphatic rings. The van der Waals surface area contributed by atoms with Gasteiger partial charge in [-0.2, -0.15) is 0 Å². The van der Waals surface area contributed by atoms with E-state index >= 15 is 0 Å². The minimum absolute atomic E-state index is 0.0640. The SMILES string of the molecule is Cc1cccc(NC(=O)COc2c(Cl)cc(C=C3C(=O)NC(=S)NC3=O)cc2Cl)c1. The predicted molar refractivity (Wildman–Crippen MR) is 119 cm³/mol. The Morgan fingerprint density at radius 3 is 2.37 bits per heavy atom. The van der Waals surface area contributed by atoms with E-state index in [0.29, 0.717) is 11.3 Å². The van der Waals surface area contributed by atoms with Crippen LogP contribution in [0, 0.1) is 6.92 Å². The van der Waals surface area contributed by atoms with E-state index in [4.69, 9.17) is 40.2 Å². The van der Waals surface area contributed by atoms with E-state index in [0.717, 1.165) is 5.56 Å². The summed E-state index contributed by atoms with van der Waals surface area (Å²) in [7, 11) is 0. The summed E-state index contributed by atoms with van der Waals surface area (Å²) >= 11 is 17.2. The molecule has 0 aromatic heterocycles. The van der Waals surface area contributed by atoms with Crippen LogP contribution in [0.4, 0.5) is 5.69 Å². The van der Waals surface area contributed by atoms with Crippen molar-refractivity contribution in [3.63, 3.8) is 0 Å². The molecule has 154 valence electrons. The molecule has 0 spiro atoms. The van der Waals surface area contributed by atoms with Crippen molar-refractivity contribution >= 4 is 70.0 Å². The molecule has 3 rings (SSSR count). The topological polar surface area (TPSA) is 96.5 Å². The number of rotatable bonds is 5. The quantitative estimate of drug-likeness (QED) is 0.359. The number of ether oxygens (including phenoxy) is 1. The molecule has 0 bridgehead atoms. The zero-order valence-corrected chi connectivity index (χ0v) is 17.9. The van der Waals surface area contributed by atoms with E-state index in [2.05, 4.69) is 16.0 Å². The minimum atomic E-state index is -0.635. The molecular weight excluding hydrogens is 449 g/mol. The van der Waals surface area contributed by atoms with Gasteiger partial charge in [-0.05, 0) is 60.6 Å². The highest BCUT2D eigenvalue weighted by atomic mass is 35.5. The normalized spacial score (nSPS) is 13.4. The fourth-order valence-electron chi connectivity index (χ4n) is 2.63. The average Bonchev–Trinajstić information content (AvgIpc) is 2.64. The number of hydrogen-bond acceptors (Lipinski definition) is 5. The van der Waals surface area contributed by atoms with Crippen LogP contribution < -0.4 is 20.7 Å². The first kappa shape index (κ1) is 21.8. The van der Waals surface area contributed by atoms with Gasteiger partial charge in [-0.3, -0.25) is 25.0 Å². The summed E-state index contributed by atoms with van der Waals surface area (Å²) in [6, 6.07) is 10.2. The molecule has 1 fully saturated rings. The van der Waals surface area contributed by atoms with Crippen molar-refractivity contribution in [2.75, 3.05) is 11.9 Å². The van der Waals surface area contributed by atoms with Crippen LogP contribution in [-0.2, 0) is 14.4 Å². The van der Waals surface area contributed by atoms with Crippen LogP contribution in [0.3, 0.4) is 0 Å². The van der Waals surface area contributed by atoms with Crippen molar-refractivity contribution in [1.29, 1.82) is 0 Å². The fourth-order valence-corrected chi connectivity index (χ4v) is 3.43. The van der Waals surface area contributed by atoms with Crippen molar-refractivity contribution < 1.29 is 19.1 Å². The largest absolute Gasteiger partial charge is 0.481 e. The average molecular weight is 464 g/mol. The molecule has 0 radical (unpaired) electrons. The van der Waals surface area contributed by atoms with Crippen molar-refractivity contribution in [3.05, 3.63) is 63.1 Å². The molecule has 2 aromatic carbocycles. The molecule has 3 N–H and O–H groups in total. The lowest BCUT2D eigenvalue weighted by Gasteiger charge is -2.16. The first-order chi connectivity index (χ1) is 14.2. The third kappa shape index (κ3) is 5.35. The van der Waals surface area contributed by atoms with Gasteiger partial charge >= 0.3 is 0 Å². The zero-order chi connectivity index (χ0) is 21.8. The minimum Gasteiger partial charge on any atom is -0.481 e. The summed E-state index contributed by atoms with van der Waals surface area (Å²) in [5, 5.41) is 7.55. The first-order valence-corrected chi connectivity index (χ1v) is 9.76. The Morgan fingerprint density at radius 2 is 1.77 bits per heavy atom. The molecule has 3 amide bonds. The molecule has 1 aliphatic heterocycles. The number of amides is 3. The Kier molecular flexibility index (Phi) is 6.71. The molecular formula is C20H15Cl2N3O4S. The Bertz CT molecular complexity index is 1060. The number of anilines is 1. The molecule has 2 aromatic rings. The van der Waals surface area contributed by atoms with Crippen LogP contribution in [0.1, 0.15) is 11.1 Å². The number of benzene rings is 2. The van der Waals surface area contributed by atoms with Crippen LogP contribution in [0.15, 0.2) is 42.0 Å². The summed E-state index contributed by atoms with van der Waals surface area (Å²) in [6.07, 6.45) is 1.32. The summed E-state index contributed by atoms with van der Waals surface area (Å²) in [6.45, 7) is 1.60. The van der Waals surface area contributed by atoms with Gasteiger partial charge in [0.15, 0.2) is 17.5 Å². The van der Waals surface area contributed by atoms with E-state index in [1.807, 2.05) is 25.1 Å². The van der Waals surface area contributed by atoms with Gasteiger partial charge in [-0.25, -0.2) is 0 Å². The van der Waals surface area contributed by atoms with Gasteiger partial charge in [-0.15, -0.1) is 0 Å². The second-order valence-electron chi connectivity index (χ2n) is 6.32. The molecule has 0 saturated carbocycles. The second-order valence-corrected chi connectivity index (χ2v) is 7.54. The van der Waals surface area contributed by atoms with Crippen LogP contribution in [0.2, 0.25) is 10.0 Å². The molecule has 0 atom stereocenters. The molecule has 0 aliphatic carbocycles.